The zero-order valence-corrected chi connectivity index (χ0v) is 12.3. The topological polar surface area (TPSA) is 66.5 Å². The van der Waals surface area contributed by atoms with Crippen molar-refractivity contribution in [3.63, 3.8) is 0 Å². The number of hydrogen-bond acceptors (Lipinski definition) is 5. The summed E-state index contributed by atoms with van der Waals surface area (Å²) in [5.74, 6) is -0.0220. The highest BCUT2D eigenvalue weighted by Gasteiger charge is 2.29. The van der Waals surface area contributed by atoms with E-state index < -0.39 is 14.6 Å². The van der Waals surface area contributed by atoms with Crippen LogP contribution in [-0.2, 0) is 14.6 Å². The largest absolute Gasteiger partial charge is 0.314 e. The number of carbonyl (C=O) groups is 1. The second-order valence-electron chi connectivity index (χ2n) is 5.75. The third-order valence-corrected chi connectivity index (χ3v) is 5.80. The molecule has 6 heteroatoms. The van der Waals surface area contributed by atoms with Gasteiger partial charge in [-0.25, -0.2) is 8.42 Å². The fraction of sp³-hybridized carbons (Fsp3) is 0.917. The molecule has 18 heavy (non-hydrogen) atoms. The zero-order chi connectivity index (χ0) is 13.8. The molecule has 1 fully saturated rings. The molecule has 1 N–H and O–H groups in total. The maximum atomic E-state index is 11.9. The van der Waals surface area contributed by atoms with Crippen molar-refractivity contribution in [3.05, 3.63) is 0 Å². The van der Waals surface area contributed by atoms with Gasteiger partial charge in [0.1, 0.15) is 5.78 Å². The minimum Gasteiger partial charge on any atom is -0.314 e. The van der Waals surface area contributed by atoms with Gasteiger partial charge in [0.2, 0.25) is 0 Å². The number of ketones is 1. The molecule has 0 amide bonds. The van der Waals surface area contributed by atoms with Crippen molar-refractivity contribution in [3.8, 4) is 0 Å². The van der Waals surface area contributed by atoms with E-state index in [1.165, 1.54) is 0 Å². The summed E-state index contributed by atoms with van der Waals surface area (Å²) in [6.45, 7) is 8.90. The van der Waals surface area contributed by atoms with Crippen molar-refractivity contribution in [2.75, 3.05) is 38.5 Å². The summed E-state index contributed by atoms with van der Waals surface area (Å²) in [5, 5.41) is 3.22. The molecule has 1 rings (SSSR count). The molecular formula is C12H24N2O3S. The lowest BCUT2D eigenvalue weighted by Gasteiger charge is -2.26. The van der Waals surface area contributed by atoms with E-state index in [0.717, 1.165) is 26.2 Å². The van der Waals surface area contributed by atoms with Crippen molar-refractivity contribution < 1.29 is 13.2 Å². The van der Waals surface area contributed by atoms with Crippen molar-refractivity contribution in [1.29, 1.82) is 0 Å². The lowest BCUT2D eigenvalue weighted by molar-refractivity contribution is -0.119. The van der Waals surface area contributed by atoms with Crippen LogP contribution < -0.4 is 5.32 Å². The quantitative estimate of drug-likeness (QED) is 0.769. The summed E-state index contributed by atoms with van der Waals surface area (Å²) in [4.78, 5) is 13.8. The number of piperazine rings is 1. The fourth-order valence-corrected chi connectivity index (χ4v) is 2.86. The van der Waals surface area contributed by atoms with Gasteiger partial charge in [0.25, 0.3) is 0 Å². The van der Waals surface area contributed by atoms with Crippen LogP contribution in [0.3, 0.4) is 0 Å². The van der Waals surface area contributed by atoms with Gasteiger partial charge in [0.15, 0.2) is 9.84 Å². The van der Waals surface area contributed by atoms with Gasteiger partial charge in [-0.2, -0.15) is 0 Å². The number of Topliss-reactive ketones (excluding diaryl/α,β-unsaturated/α-hetero) is 1. The van der Waals surface area contributed by atoms with Crippen LogP contribution in [0.1, 0.15) is 27.2 Å². The van der Waals surface area contributed by atoms with Gasteiger partial charge in [-0.3, -0.25) is 9.69 Å². The van der Waals surface area contributed by atoms with Gasteiger partial charge in [0, 0.05) is 32.6 Å². The first-order valence-electron chi connectivity index (χ1n) is 6.39. The number of rotatable bonds is 5. The number of nitrogens with zero attached hydrogens (tertiary/aromatic N) is 1. The number of nitrogens with one attached hydrogen (secondary N) is 1. The van der Waals surface area contributed by atoms with E-state index in [9.17, 15) is 13.2 Å². The molecular weight excluding hydrogens is 252 g/mol. The van der Waals surface area contributed by atoms with Crippen LogP contribution in [-0.4, -0.2) is 62.3 Å². The Kier molecular flexibility index (Phi) is 5.31. The lowest BCUT2D eigenvalue weighted by Crippen LogP contribution is -2.45. The summed E-state index contributed by atoms with van der Waals surface area (Å²) in [6.07, 6.45) is 0.129. The van der Waals surface area contributed by atoms with Gasteiger partial charge in [-0.1, -0.05) is 0 Å². The number of sulfone groups is 1. The molecule has 0 aromatic rings. The third kappa shape index (κ3) is 4.66. The van der Waals surface area contributed by atoms with Crippen LogP contribution in [0.2, 0.25) is 0 Å². The molecule has 0 radical (unpaired) electrons. The molecule has 106 valence electrons. The van der Waals surface area contributed by atoms with Gasteiger partial charge < -0.3 is 5.32 Å². The average molecular weight is 276 g/mol. The monoisotopic (exact) mass is 276 g/mol. The Balaban J connectivity index is 2.37. The highest BCUT2D eigenvalue weighted by atomic mass is 32.2. The Morgan fingerprint density at radius 3 is 2.28 bits per heavy atom. The van der Waals surface area contributed by atoms with E-state index >= 15 is 0 Å². The molecule has 0 spiro atoms. The smallest absolute Gasteiger partial charge is 0.155 e. The molecule has 1 saturated heterocycles. The Labute approximate surface area is 110 Å². The van der Waals surface area contributed by atoms with E-state index in [-0.39, 0.29) is 18.0 Å². The van der Waals surface area contributed by atoms with E-state index in [1.807, 2.05) is 0 Å². The predicted molar refractivity (Wildman–Crippen MR) is 72.5 cm³/mol. The summed E-state index contributed by atoms with van der Waals surface area (Å²) < 4.78 is 23.0. The van der Waals surface area contributed by atoms with Crippen LogP contribution in [0.5, 0.6) is 0 Å². The van der Waals surface area contributed by atoms with Crippen LogP contribution in [0.25, 0.3) is 0 Å². The molecule has 5 nitrogen and oxygen atoms in total. The van der Waals surface area contributed by atoms with E-state index in [2.05, 4.69) is 10.2 Å². The normalized spacial score (nSPS) is 18.8. The van der Waals surface area contributed by atoms with Crippen molar-refractivity contribution in [2.24, 2.45) is 0 Å². The minimum absolute atomic E-state index is 0.0183. The summed E-state index contributed by atoms with van der Waals surface area (Å²) in [6, 6.07) is 0. The highest BCUT2D eigenvalue weighted by Crippen LogP contribution is 2.16. The molecule has 1 aliphatic heterocycles. The molecule has 0 unspecified atom stereocenters. The van der Waals surface area contributed by atoms with E-state index in [1.54, 1.807) is 20.8 Å². The first kappa shape index (κ1) is 15.6. The molecule has 0 atom stereocenters. The molecule has 0 aliphatic carbocycles. The zero-order valence-electron chi connectivity index (χ0n) is 11.5. The highest BCUT2D eigenvalue weighted by molar-refractivity contribution is 7.92. The summed E-state index contributed by atoms with van der Waals surface area (Å²) in [5.41, 5.74) is 0. The molecule has 1 aliphatic rings. The third-order valence-electron chi connectivity index (χ3n) is 3.19. The van der Waals surface area contributed by atoms with Gasteiger partial charge in [-0.15, -0.1) is 0 Å². The van der Waals surface area contributed by atoms with E-state index in [0.29, 0.717) is 6.54 Å². The second-order valence-corrected chi connectivity index (χ2v) is 8.61. The van der Waals surface area contributed by atoms with Gasteiger partial charge in [0.05, 0.1) is 17.0 Å². The van der Waals surface area contributed by atoms with Crippen molar-refractivity contribution in [1.82, 2.24) is 10.2 Å². The Morgan fingerprint density at radius 1 is 1.22 bits per heavy atom. The van der Waals surface area contributed by atoms with Crippen LogP contribution >= 0.6 is 0 Å². The standard InChI is InChI=1S/C12H24N2O3S/c1-12(2,3)18(16,17)9-4-11(15)10-14-7-5-13-6-8-14/h13H,4-10H2,1-3H3. The summed E-state index contributed by atoms with van der Waals surface area (Å²) in [7, 11) is -3.19. The van der Waals surface area contributed by atoms with Crippen molar-refractivity contribution in [2.45, 2.75) is 31.9 Å². The molecule has 0 aromatic heterocycles. The van der Waals surface area contributed by atoms with Crippen LogP contribution in [0.4, 0.5) is 0 Å². The Hall–Kier alpha value is -0.460. The number of carbonyl (C=O) groups excluding carboxylic acids is 1. The molecule has 0 bridgehead atoms. The molecule has 1 heterocycles. The van der Waals surface area contributed by atoms with Gasteiger partial charge >= 0.3 is 0 Å². The van der Waals surface area contributed by atoms with E-state index in [4.69, 9.17) is 0 Å². The fourth-order valence-electron chi connectivity index (χ4n) is 1.75. The van der Waals surface area contributed by atoms with Crippen LogP contribution in [0.15, 0.2) is 0 Å². The SMILES string of the molecule is CC(C)(C)S(=O)(=O)CCC(=O)CN1CCNCC1. The predicted octanol–water partition coefficient (Wildman–Crippen LogP) is 0.0641. The minimum atomic E-state index is -3.19. The maximum absolute atomic E-state index is 11.9. The maximum Gasteiger partial charge on any atom is 0.155 e. The summed E-state index contributed by atoms with van der Waals surface area (Å²) >= 11 is 0. The second kappa shape index (κ2) is 6.12. The van der Waals surface area contributed by atoms with Crippen molar-refractivity contribution >= 4 is 15.6 Å². The first-order valence-corrected chi connectivity index (χ1v) is 8.05. The Bertz CT molecular complexity index is 379. The molecule has 0 aromatic carbocycles. The number of hydrogen-bond donors (Lipinski definition) is 1. The van der Waals surface area contributed by atoms with Crippen LogP contribution in [0, 0.1) is 0 Å². The van der Waals surface area contributed by atoms with Gasteiger partial charge in [-0.05, 0) is 20.8 Å². The average Bonchev–Trinajstić information content (AvgIpc) is 2.26. The Morgan fingerprint density at radius 2 is 1.78 bits per heavy atom. The first-order chi connectivity index (χ1) is 8.22. The molecule has 0 saturated carbocycles. The lowest BCUT2D eigenvalue weighted by atomic mass is 10.2.